The van der Waals surface area contributed by atoms with Crippen molar-refractivity contribution in [3.8, 4) is 0 Å². The first-order chi connectivity index (χ1) is 13.0. The van der Waals surface area contributed by atoms with Crippen molar-refractivity contribution >= 4 is 16.9 Å². The number of rotatable bonds is 4. The first-order valence-electron chi connectivity index (χ1n) is 9.31. The van der Waals surface area contributed by atoms with E-state index in [1.165, 1.54) is 4.57 Å². The van der Waals surface area contributed by atoms with Gasteiger partial charge in [0.05, 0.1) is 17.0 Å². The molecular weight excluding hydrogens is 346 g/mol. The summed E-state index contributed by atoms with van der Waals surface area (Å²) in [5.41, 5.74) is 1.21. The van der Waals surface area contributed by atoms with Gasteiger partial charge in [-0.3, -0.25) is 9.36 Å². The first-order valence-corrected chi connectivity index (χ1v) is 9.31. The lowest BCUT2D eigenvalue weighted by atomic mass is 9.98. The summed E-state index contributed by atoms with van der Waals surface area (Å²) < 4.78 is 6.91. The van der Waals surface area contributed by atoms with Gasteiger partial charge in [0.1, 0.15) is 6.54 Å². The SMILES string of the molecule is CC(C)c1noc([C@@H]2CCCN(C(=O)Cn3c(=O)[nH]c4ccccc43)C2)n1. The highest BCUT2D eigenvalue weighted by atomic mass is 16.5. The van der Waals surface area contributed by atoms with Crippen molar-refractivity contribution in [2.45, 2.75) is 45.1 Å². The van der Waals surface area contributed by atoms with Crippen molar-refractivity contribution in [2.24, 2.45) is 0 Å². The Bertz CT molecular complexity index is 1020. The zero-order valence-corrected chi connectivity index (χ0v) is 15.5. The number of aromatic nitrogens is 4. The number of carbonyl (C=O) groups excluding carboxylic acids is 1. The van der Waals surface area contributed by atoms with Gasteiger partial charge in [-0.25, -0.2) is 4.79 Å². The van der Waals surface area contributed by atoms with E-state index in [0.717, 1.165) is 23.9 Å². The van der Waals surface area contributed by atoms with Crippen molar-refractivity contribution in [1.82, 2.24) is 24.6 Å². The van der Waals surface area contributed by atoms with E-state index in [1.54, 1.807) is 4.90 Å². The molecule has 1 amide bonds. The molecule has 1 saturated heterocycles. The van der Waals surface area contributed by atoms with Crippen LogP contribution in [0.4, 0.5) is 0 Å². The Hall–Kier alpha value is -2.90. The Labute approximate surface area is 156 Å². The molecule has 1 atom stereocenters. The highest BCUT2D eigenvalue weighted by molar-refractivity contribution is 5.80. The van der Waals surface area contributed by atoms with Gasteiger partial charge in [0.15, 0.2) is 5.82 Å². The zero-order valence-electron chi connectivity index (χ0n) is 15.5. The number of nitrogens with one attached hydrogen (secondary N) is 1. The highest BCUT2D eigenvalue weighted by Crippen LogP contribution is 2.27. The fourth-order valence-electron chi connectivity index (χ4n) is 3.55. The van der Waals surface area contributed by atoms with Crippen LogP contribution < -0.4 is 5.69 Å². The molecule has 0 unspecified atom stereocenters. The van der Waals surface area contributed by atoms with Crippen LogP contribution in [0.5, 0.6) is 0 Å². The zero-order chi connectivity index (χ0) is 19.0. The van der Waals surface area contributed by atoms with Crippen LogP contribution in [0.15, 0.2) is 33.6 Å². The number of hydrogen-bond donors (Lipinski definition) is 1. The van der Waals surface area contributed by atoms with E-state index in [9.17, 15) is 9.59 Å². The summed E-state index contributed by atoms with van der Waals surface area (Å²) in [7, 11) is 0. The van der Waals surface area contributed by atoms with E-state index in [-0.39, 0.29) is 30.0 Å². The molecule has 8 heteroatoms. The molecule has 142 valence electrons. The number of fused-ring (bicyclic) bond motifs is 1. The Morgan fingerprint density at radius 3 is 2.96 bits per heavy atom. The van der Waals surface area contributed by atoms with Crippen LogP contribution in [-0.4, -0.2) is 43.6 Å². The number of imidazole rings is 1. The van der Waals surface area contributed by atoms with Crippen LogP contribution in [-0.2, 0) is 11.3 Å². The molecule has 4 rings (SSSR count). The van der Waals surface area contributed by atoms with Gasteiger partial charge >= 0.3 is 5.69 Å². The summed E-state index contributed by atoms with van der Waals surface area (Å²) >= 11 is 0. The van der Waals surface area contributed by atoms with Crippen molar-refractivity contribution in [1.29, 1.82) is 0 Å². The average Bonchev–Trinajstić information content (AvgIpc) is 3.28. The van der Waals surface area contributed by atoms with Gasteiger partial charge in [-0.05, 0) is 25.0 Å². The van der Waals surface area contributed by atoms with Gasteiger partial charge in [0.2, 0.25) is 11.8 Å². The maximum atomic E-state index is 12.8. The number of H-pyrrole nitrogens is 1. The number of amides is 1. The second-order valence-corrected chi connectivity index (χ2v) is 7.36. The second kappa shape index (κ2) is 7.02. The number of para-hydroxylation sites is 2. The van der Waals surface area contributed by atoms with Crippen LogP contribution in [0.3, 0.4) is 0 Å². The third-order valence-corrected chi connectivity index (χ3v) is 5.07. The number of nitrogens with zero attached hydrogens (tertiary/aromatic N) is 4. The molecule has 1 aromatic carbocycles. The predicted molar refractivity (Wildman–Crippen MR) is 99.5 cm³/mol. The number of likely N-dealkylation sites (tertiary alicyclic amines) is 1. The molecule has 2 aromatic heterocycles. The number of benzene rings is 1. The molecule has 3 heterocycles. The third kappa shape index (κ3) is 3.39. The first kappa shape index (κ1) is 17.5. The summed E-state index contributed by atoms with van der Waals surface area (Å²) in [6.07, 6.45) is 1.79. The van der Waals surface area contributed by atoms with Gasteiger partial charge in [-0.1, -0.05) is 31.1 Å². The van der Waals surface area contributed by atoms with Crippen LogP contribution in [0.1, 0.15) is 50.2 Å². The maximum Gasteiger partial charge on any atom is 0.326 e. The van der Waals surface area contributed by atoms with E-state index >= 15 is 0 Å². The van der Waals surface area contributed by atoms with E-state index in [0.29, 0.717) is 24.8 Å². The van der Waals surface area contributed by atoms with E-state index in [2.05, 4.69) is 15.1 Å². The number of piperidine rings is 1. The Morgan fingerprint density at radius 1 is 1.37 bits per heavy atom. The van der Waals surface area contributed by atoms with Crippen LogP contribution in [0.2, 0.25) is 0 Å². The van der Waals surface area contributed by atoms with Crippen LogP contribution in [0, 0.1) is 0 Å². The van der Waals surface area contributed by atoms with Crippen LogP contribution >= 0.6 is 0 Å². The fourth-order valence-corrected chi connectivity index (χ4v) is 3.55. The summed E-state index contributed by atoms with van der Waals surface area (Å²) in [6, 6.07) is 7.38. The Morgan fingerprint density at radius 2 is 2.19 bits per heavy atom. The molecule has 0 spiro atoms. The minimum atomic E-state index is -0.267. The molecule has 0 aliphatic carbocycles. The minimum Gasteiger partial charge on any atom is -0.340 e. The predicted octanol–water partition coefficient (Wildman–Crippen LogP) is 2.24. The van der Waals surface area contributed by atoms with Gasteiger partial charge in [-0.15, -0.1) is 0 Å². The lowest BCUT2D eigenvalue weighted by molar-refractivity contribution is -0.133. The summed E-state index contributed by atoms with van der Waals surface area (Å²) in [5, 5.41) is 4.03. The smallest absolute Gasteiger partial charge is 0.326 e. The second-order valence-electron chi connectivity index (χ2n) is 7.36. The van der Waals surface area contributed by atoms with E-state index in [4.69, 9.17) is 4.52 Å². The molecule has 8 nitrogen and oxygen atoms in total. The number of aromatic amines is 1. The molecule has 1 fully saturated rings. The standard InChI is InChI=1S/C19H23N5O3/c1-12(2)17-21-18(27-22-17)13-6-5-9-23(10-13)16(25)11-24-15-8-4-3-7-14(15)20-19(24)26/h3-4,7-8,12-13H,5-6,9-11H2,1-2H3,(H,20,26)/t13-/m1/s1. The monoisotopic (exact) mass is 369 g/mol. The van der Waals surface area contributed by atoms with Crippen LogP contribution in [0.25, 0.3) is 11.0 Å². The number of hydrogen-bond acceptors (Lipinski definition) is 5. The van der Waals surface area contributed by atoms with Gasteiger partial charge in [-0.2, -0.15) is 4.98 Å². The van der Waals surface area contributed by atoms with Crippen molar-refractivity contribution < 1.29 is 9.32 Å². The third-order valence-electron chi connectivity index (χ3n) is 5.07. The Balaban J connectivity index is 1.50. The molecule has 1 aliphatic heterocycles. The minimum absolute atomic E-state index is 0.0244. The van der Waals surface area contributed by atoms with E-state index in [1.807, 2.05) is 38.1 Å². The van der Waals surface area contributed by atoms with Gasteiger partial charge in [0, 0.05) is 19.0 Å². The maximum absolute atomic E-state index is 12.8. The molecule has 0 bridgehead atoms. The lowest BCUT2D eigenvalue weighted by Gasteiger charge is -2.31. The molecule has 27 heavy (non-hydrogen) atoms. The highest BCUT2D eigenvalue weighted by Gasteiger charge is 2.29. The topological polar surface area (TPSA) is 97.0 Å². The fraction of sp³-hybridized carbons (Fsp3) is 0.474. The number of carbonyl (C=O) groups is 1. The van der Waals surface area contributed by atoms with Crippen molar-refractivity contribution in [2.75, 3.05) is 13.1 Å². The van der Waals surface area contributed by atoms with Crippen molar-refractivity contribution in [3.05, 3.63) is 46.5 Å². The summed E-state index contributed by atoms with van der Waals surface area (Å²) in [6.45, 7) is 5.28. The van der Waals surface area contributed by atoms with Gasteiger partial charge < -0.3 is 14.4 Å². The summed E-state index contributed by atoms with van der Waals surface area (Å²) in [5.74, 6) is 1.47. The largest absolute Gasteiger partial charge is 0.340 e. The Kier molecular flexibility index (Phi) is 4.55. The lowest BCUT2D eigenvalue weighted by Crippen LogP contribution is -2.42. The molecule has 1 aliphatic rings. The van der Waals surface area contributed by atoms with Gasteiger partial charge in [0.25, 0.3) is 0 Å². The molecule has 0 saturated carbocycles. The van der Waals surface area contributed by atoms with E-state index < -0.39 is 0 Å². The normalized spacial score (nSPS) is 17.7. The quantitative estimate of drug-likeness (QED) is 0.761. The van der Waals surface area contributed by atoms with Crippen molar-refractivity contribution in [3.63, 3.8) is 0 Å². The average molecular weight is 369 g/mol. The molecular formula is C19H23N5O3. The molecule has 1 N–H and O–H groups in total. The molecule has 0 radical (unpaired) electrons. The molecule has 3 aromatic rings. The summed E-state index contributed by atoms with van der Waals surface area (Å²) in [4.78, 5) is 34.1.